The standard InChI is InChI=1S/C20H20N2O3/c1-3-24-20(23)13-15(2)22-18(14-21)17-11-7-8-12-19(17)25-16-9-5-4-6-10-16/h4-13,18,22H,3H2,1-2H3/b15-13+. The highest BCUT2D eigenvalue weighted by Gasteiger charge is 2.16. The molecule has 2 rings (SSSR count). The monoisotopic (exact) mass is 336 g/mol. The van der Waals surface area contributed by atoms with Crippen LogP contribution in [0.2, 0.25) is 0 Å². The summed E-state index contributed by atoms with van der Waals surface area (Å²) >= 11 is 0. The molecule has 2 aromatic carbocycles. The Morgan fingerprint density at radius 2 is 1.88 bits per heavy atom. The number of ether oxygens (including phenoxy) is 2. The van der Waals surface area contributed by atoms with E-state index in [1.807, 2.05) is 48.5 Å². The number of rotatable bonds is 7. The van der Waals surface area contributed by atoms with Gasteiger partial charge in [0.1, 0.15) is 17.5 Å². The van der Waals surface area contributed by atoms with Crippen molar-refractivity contribution in [2.45, 2.75) is 19.9 Å². The zero-order valence-corrected chi connectivity index (χ0v) is 14.2. The summed E-state index contributed by atoms with van der Waals surface area (Å²) < 4.78 is 10.8. The smallest absolute Gasteiger partial charge is 0.332 e. The SMILES string of the molecule is CCOC(=O)/C=C(\C)NC(C#N)c1ccccc1Oc1ccccc1. The number of esters is 1. The fourth-order valence-corrected chi connectivity index (χ4v) is 2.24. The topological polar surface area (TPSA) is 71.3 Å². The van der Waals surface area contributed by atoms with Crippen molar-refractivity contribution < 1.29 is 14.3 Å². The number of carbonyl (C=O) groups excluding carboxylic acids is 1. The largest absolute Gasteiger partial charge is 0.463 e. The van der Waals surface area contributed by atoms with Gasteiger partial charge in [0.15, 0.2) is 0 Å². The molecule has 0 saturated heterocycles. The van der Waals surface area contributed by atoms with Gasteiger partial charge in [-0.1, -0.05) is 36.4 Å². The number of carbonyl (C=O) groups is 1. The van der Waals surface area contributed by atoms with Crippen LogP contribution in [0.1, 0.15) is 25.5 Å². The predicted molar refractivity (Wildman–Crippen MR) is 94.8 cm³/mol. The molecule has 128 valence electrons. The van der Waals surface area contributed by atoms with Crippen LogP contribution in [-0.4, -0.2) is 12.6 Å². The number of nitrogens with zero attached hydrogens (tertiary/aromatic N) is 1. The van der Waals surface area contributed by atoms with E-state index < -0.39 is 12.0 Å². The lowest BCUT2D eigenvalue weighted by atomic mass is 10.1. The van der Waals surface area contributed by atoms with Crippen molar-refractivity contribution in [3.63, 3.8) is 0 Å². The number of hydrogen-bond acceptors (Lipinski definition) is 5. The lowest BCUT2D eigenvalue weighted by Gasteiger charge is -2.17. The number of benzene rings is 2. The third-order valence-corrected chi connectivity index (χ3v) is 3.32. The van der Waals surface area contributed by atoms with E-state index in [4.69, 9.17) is 9.47 Å². The molecule has 0 spiro atoms. The van der Waals surface area contributed by atoms with Crippen LogP contribution >= 0.6 is 0 Å². The maximum atomic E-state index is 11.5. The fourth-order valence-electron chi connectivity index (χ4n) is 2.24. The van der Waals surface area contributed by atoms with E-state index in [-0.39, 0.29) is 0 Å². The highest BCUT2D eigenvalue weighted by molar-refractivity contribution is 5.82. The van der Waals surface area contributed by atoms with Crippen LogP contribution in [0.25, 0.3) is 0 Å². The van der Waals surface area contributed by atoms with Crippen molar-refractivity contribution in [2.75, 3.05) is 6.61 Å². The Balaban J connectivity index is 2.21. The fraction of sp³-hybridized carbons (Fsp3) is 0.200. The van der Waals surface area contributed by atoms with Crippen molar-refractivity contribution in [3.8, 4) is 17.6 Å². The van der Waals surface area contributed by atoms with Gasteiger partial charge in [-0.05, 0) is 32.0 Å². The zero-order chi connectivity index (χ0) is 18.1. The van der Waals surface area contributed by atoms with Crippen LogP contribution < -0.4 is 10.1 Å². The van der Waals surface area contributed by atoms with Gasteiger partial charge >= 0.3 is 5.97 Å². The third-order valence-electron chi connectivity index (χ3n) is 3.32. The minimum Gasteiger partial charge on any atom is -0.463 e. The van der Waals surface area contributed by atoms with Gasteiger partial charge < -0.3 is 14.8 Å². The molecule has 2 aromatic rings. The molecule has 1 atom stereocenters. The quantitative estimate of drug-likeness (QED) is 0.609. The van der Waals surface area contributed by atoms with Crippen LogP contribution in [0.4, 0.5) is 0 Å². The summed E-state index contributed by atoms with van der Waals surface area (Å²) in [6, 6.07) is 18.2. The second kappa shape index (κ2) is 9.14. The molecular weight excluding hydrogens is 316 g/mol. The molecule has 0 bridgehead atoms. The number of nitrogens with one attached hydrogen (secondary N) is 1. The number of allylic oxidation sites excluding steroid dienone is 1. The van der Waals surface area contributed by atoms with E-state index in [9.17, 15) is 10.1 Å². The van der Waals surface area contributed by atoms with Crippen LogP contribution in [0.5, 0.6) is 11.5 Å². The van der Waals surface area contributed by atoms with Gasteiger partial charge in [0, 0.05) is 17.3 Å². The van der Waals surface area contributed by atoms with Gasteiger partial charge in [-0.2, -0.15) is 5.26 Å². The van der Waals surface area contributed by atoms with Gasteiger partial charge in [0.05, 0.1) is 12.7 Å². The van der Waals surface area contributed by atoms with E-state index in [0.29, 0.717) is 29.4 Å². The Kier molecular flexibility index (Phi) is 6.61. The summed E-state index contributed by atoms with van der Waals surface area (Å²) in [6.07, 6.45) is 1.33. The molecule has 0 aliphatic carbocycles. The molecule has 0 heterocycles. The first kappa shape index (κ1) is 18.1. The molecule has 0 aromatic heterocycles. The molecule has 0 radical (unpaired) electrons. The van der Waals surface area contributed by atoms with Crippen LogP contribution in [0, 0.1) is 11.3 Å². The molecule has 5 heteroatoms. The van der Waals surface area contributed by atoms with Crippen molar-refractivity contribution in [2.24, 2.45) is 0 Å². The second-order valence-corrected chi connectivity index (χ2v) is 5.24. The molecule has 0 fully saturated rings. The molecule has 0 aliphatic heterocycles. The summed E-state index contributed by atoms with van der Waals surface area (Å²) in [5, 5.41) is 12.6. The average molecular weight is 336 g/mol. The summed E-state index contributed by atoms with van der Waals surface area (Å²) in [6.45, 7) is 3.75. The molecule has 0 saturated carbocycles. The highest BCUT2D eigenvalue weighted by Crippen LogP contribution is 2.29. The number of para-hydroxylation sites is 2. The first-order valence-electron chi connectivity index (χ1n) is 7.97. The maximum absolute atomic E-state index is 11.5. The molecular formula is C20H20N2O3. The second-order valence-electron chi connectivity index (χ2n) is 5.24. The summed E-state index contributed by atoms with van der Waals surface area (Å²) in [5.41, 5.74) is 1.23. The Hall–Kier alpha value is -3.26. The Morgan fingerprint density at radius 3 is 2.56 bits per heavy atom. The first-order valence-corrected chi connectivity index (χ1v) is 7.97. The Labute approximate surface area is 147 Å². The van der Waals surface area contributed by atoms with Gasteiger partial charge in [-0.25, -0.2) is 4.79 Å². The van der Waals surface area contributed by atoms with E-state index in [2.05, 4.69) is 11.4 Å². The van der Waals surface area contributed by atoms with Gasteiger partial charge in [0.25, 0.3) is 0 Å². The summed E-state index contributed by atoms with van der Waals surface area (Å²) in [4.78, 5) is 11.5. The zero-order valence-electron chi connectivity index (χ0n) is 14.2. The molecule has 0 amide bonds. The highest BCUT2D eigenvalue weighted by atomic mass is 16.5. The average Bonchev–Trinajstić information content (AvgIpc) is 2.61. The minimum absolute atomic E-state index is 0.304. The molecule has 1 N–H and O–H groups in total. The number of nitriles is 1. The van der Waals surface area contributed by atoms with Crippen LogP contribution in [0.15, 0.2) is 66.4 Å². The van der Waals surface area contributed by atoms with E-state index in [0.717, 1.165) is 0 Å². The third kappa shape index (κ3) is 5.40. The van der Waals surface area contributed by atoms with E-state index >= 15 is 0 Å². The first-order chi connectivity index (χ1) is 12.1. The van der Waals surface area contributed by atoms with Crippen molar-refractivity contribution >= 4 is 5.97 Å². The van der Waals surface area contributed by atoms with E-state index in [1.165, 1.54) is 6.08 Å². The summed E-state index contributed by atoms with van der Waals surface area (Å²) in [5.74, 6) is 0.820. The van der Waals surface area contributed by atoms with Gasteiger partial charge in [-0.15, -0.1) is 0 Å². The lowest BCUT2D eigenvalue weighted by Crippen LogP contribution is -2.19. The van der Waals surface area contributed by atoms with Gasteiger partial charge in [-0.3, -0.25) is 0 Å². The summed E-state index contributed by atoms with van der Waals surface area (Å²) in [7, 11) is 0. The molecule has 0 aliphatic rings. The van der Waals surface area contributed by atoms with Gasteiger partial charge in [0.2, 0.25) is 0 Å². The van der Waals surface area contributed by atoms with Crippen molar-refractivity contribution in [3.05, 3.63) is 71.9 Å². The molecule has 25 heavy (non-hydrogen) atoms. The molecule has 1 unspecified atom stereocenters. The Morgan fingerprint density at radius 1 is 1.20 bits per heavy atom. The lowest BCUT2D eigenvalue weighted by molar-refractivity contribution is -0.137. The van der Waals surface area contributed by atoms with Crippen LogP contribution in [-0.2, 0) is 9.53 Å². The maximum Gasteiger partial charge on any atom is 0.332 e. The van der Waals surface area contributed by atoms with E-state index in [1.54, 1.807) is 19.9 Å². The normalized spacial score (nSPS) is 12.0. The Bertz CT molecular complexity index is 779. The van der Waals surface area contributed by atoms with Crippen molar-refractivity contribution in [1.82, 2.24) is 5.32 Å². The molecule has 5 nitrogen and oxygen atoms in total. The van der Waals surface area contributed by atoms with Crippen molar-refractivity contribution in [1.29, 1.82) is 5.26 Å². The number of hydrogen-bond donors (Lipinski definition) is 1. The minimum atomic E-state index is -0.661. The van der Waals surface area contributed by atoms with Crippen LogP contribution in [0.3, 0.4) is 0 Å². The predicted octanol–water partition coefficient (Wildman–Crippen LogP) is 4.10.